The van der Waals surface area contributed by atoms with Crippen LogP contribution in [-0.2, 0) is 27.8 Å². The minimum atomic E-state index is -3.30. The minimum Gasteiger partial charge on any atom is -0.370 e. The molecule has 0 radical (unpaired) electrons. The molecule has 0 aliphatic carbocycles. The average molecular weight is 639 g/mol. The number of H-pyrrole nitrogens is 1. The third-order valence-corrected chi connectivity index (χ3v) is 8.30. The highest BCUT2D eigenvalue weighted by molar-refractivity contribution is 7.88. The number of anilines is 2. The standard InChI is InChI=1S/C33H46N6O5S/c1-7-10-12-25-13-15-26(16-14-25)35-32(41)30(31(40)29-24(5)39(20-11-8-2)33(42)37-29)36-28-18-17-27(22-23(28)4)38(9-3)21-19-34-45(6,43)44/h13-18,22,34H,7-12,19-21H2,1-6H3,(H,35,41)(H,37,42). The summed E-state index contributed by atoms with van der Waals surface area (Å²) < 4.78 is 27.0. The maximum absolute atomic E-state index is 13.9. The summed E-state index contributed by atoms with van der Waals surface area (Å²) in [5.41, 5.74) is 3.39. The van der Waals surface area contributed by atoms with E-state index in [-0.39, 0.29) is 18.0 Å². The predicted molar refractivity (Wildman–Crippen MR) is 182 cm³/mol. The Hall–Kier alpha value is -4.03. The van der Waals surface area contributed by atoms with Crippen molar-refractivity contribution in [3.63, 3.8) is 0 Å². The molecule has 2 aromatic carbocycles. The molecule has 45 heavy (non-hydrogen) atoms. The SMILES string of the molecule is CCCCc1ccc(NC(=O)C(=Nc2ccc(N(CC)CCNS(C)(=O)=O)cc2C)C(=O)c2[nH]c(=O)n(CCCC)c2C)cc1. The summed E-state index contributed by atoms with van der Waals surface area (Å²) in [6, 6.07) is 12.9. The Kier molecular flexibility index (Phi) is 12.9. The molecule has 0 bridgehead atoms. The Bertz CT molecular complexity index is 1670. The van der Waals surface area contributed by atoms with E-state index in [1.807, 2.05) is 49.9 Å². The molecule has 0 fully saturated rings. The number of nitrogens with one attached hydrogen (secondary N) is 3. The van der Waals surface area contributed by atoms with Gasteiger partial charge in [0.25, 0.3) is 5.91 Å². The molecule has 1 amide bonds. The van der Waals surface area contributed by atoms with Crippen LogP contribution in [0.25, 0.3) is 0 Å². The van der Waals surface area contributed by atoms with Crippen LogP contribution in [0.4, 0.5) is 17.1 Å². The van der Waals surface area contributed by atoms with Gasteiger partial charge in [0.1, 0.15) is 5.69 Å². The molecule has 0 saturated heterocycles. The fourth-order valence-corrected chi connectivity index (χ4v) is 5.39. The maximum Gasteiger partial charge on any atom is 0.326 e. The molecular weight excluding hydrogens is 592 g/mol. The van der Waals surface area contributed by atoms with Gasteiger partial charge in [0.05, 0.1) is 11.9 Å². The number of aromatic amines is 1. The quantitative estimate of drug-likeness (QED) is 0.109. The van der Waals surface area contributed by atoms with E-state index in [0.29, 0.717) is 42.3 Å². The van der Waals surface area contributed by atoms with Gasteiger partial charge in [0, 0.05) is 43.2 Å². The molecule has 11 nitrogen and oxygen atoms in total. The van der Waals surface area contributed by atoms with E-state index in [0.717, 1.165) is 49.6 Å². The molecule has 0 spiro atoms. The van der Waals surface area contributed by atoms with Crippen LogP contribution in [0.1, 0.15) is 73.8 Å². The van der Waals surface area contributed by atoms with E-state index in [1.165, 1.54) is 4.57 Å². The van der Waals surface area contributed by atoms with Crippen LogP contribution in [-0.4, -0.2) is 61.3 Å². The molecule has 1 heterocycles. The van der Waals surface area contributed by atoms with Crippen LogP contribution in [0.3, 0.4) is 0 Å². The van der Waals surface area contributed by atoms with Gasteiger partial charge < -0.3 is 15.2 Å². The summed E-state index contributed by atoms with van der Waals surface area (Å²) in [7, 11) is -3.30. The number of ketones is 1. The second kappa shape index (κ2) is 16.3. The van der Waals surface area contributed by atoms with Crippen molar-refractivity contribution in [2.45, 2.75) is 73.3 Å². The van der Waals surface area contributed by atoms with Crippen molar-refractivity contribution in [3.8, 4) is 0 Å². The molecule has 0 saturated carbocycles. The van der Waals surface area contributed by atoms with Crippen molar-refractivity contribution < 1.29 is 18.0 Å². The first-order valence-electron chi connectivity index (χ1n) is 15.5. The van der Waals surface area contributed by atoms with Crippen LogP contribution < -0.4 is 20.6 Å². The smallest absolute Gasteiger partial charge is 0.326 e. The lowest BCUT2D eigenvalue weighted by molar-refractivity contribution is -0.110. The normalized spacial score (nSPS) is 11.9. The number of carbonyl (C=O) groups excluding carboxylic acids is 2. The first-order chi connectivity index (χ1) is 21.4. The number of aryl methyl sites for hydroxylation is 2. The second-order valence-corrected chi connectivity index (χ2v) is 13.0. The molecule has 0 aliphatic heterocycles. The number of unbranched alkanes of at least 4 members (excludes halogenated alkanes) is 2. The lowest BCUT2D eigenvalue weighted by Gasteiger charge is -2.24. The number of amides is 1. The summed E-state index contributed by atoms with van der Waals surface area (Å²) in [4.78, 5) is 49.5. The zero-order chi connectivity index (χ0) is 33.1. The number of rotatable bonds is 17. The first-order valence-corrected chi connectivity index (χ1v) is 17.4. The number of imidazole rings is 1. The highest BCUT2D eigenvalue weighted by atomic mass is 32.2. The summed E-state index contributed by atoms with van der Waals surface area (Å²) in [5.74, 6) is -1.36. The van der Waals surface area contributed by atoms with Crippen molar-refractivity contribution >= 4 is 44.5 Å². The number of hydrogen-bond acceptors (Lipinski definition) is 7. The number of carbonyl (C=O) groups is 2. The third-order valence-electron chi connectivity index (χ3n) is 7.57. The van der Waals surface area contributed by atoms with E-state index in [1.54, 1.807) is 25.1 Å². The van der Waals surface area contributed by atoms with E-state index < -0.39 is 27.4 Å². The van der Waals surface area contributed by atoms with E-state index in [9.17, 15) is 22.8 Å². The summed E-state index contributed by atoms with van der Waals surface area (Å²) in [6.07, 6.45) is 5.86. The third kappa shape index (κ3) is 9.98. The molecule has 1 aromatic heterocycles. The summed E-state index contributed by atoms with van der Waals surface area (Å²) >= 11 is 0. The zero-order valence-corrected chi connectivity index (χ0v) is 28.0. The van der Waals surface area contributed by atoms with E-state index in [4.69, 9.17) is 0 Å². The van der Waals surface area contributed by atoms with Crippen molar-refractivity contribution in [3.05, 3.63) is 75.5 Å². The highest BCUT2D eigenvalue weighted by Gasteiger charge is 2.27. The first kappa shape index (κ1) is 35.4. The fraction of sp³-hybridized carbons (Fsp3) is 0.455. The molecule has 3 aromatic rings. The summed E-state index contributed by atoms with van der Waals surface area (Å²) in [6.45, 7) is 11.4. The molecule has 3 rings (SSSR count). The molecule has 12 heteroatoms. The lowest BCUT2D eigenvalue weighted by atomic mass is 10.1. The number of aromatic nitrogens is 2. The van der Waals surface area contributed by atoms with Gasteiger partial charge in [-0.15, -0.1) is 0 Å². The fourth-order valence-electron chi connectivity index (χ4n) is 4.93. The predicted octanol–water partition coefficient (Wildman–Crippen LogP) is 4.91. The average Bonchev–Trinajstić information content (AvgIpc) is 3.28. The Balaban J connectivity index is 1.98. The van der Waals surface area contributed by atoms with Gasteiger partial charge in [-0.2, -0.15) is 0 Å². The molecule has 0 aliphatic rings. The number of sulfonamides is 1. The van der Waals surface area contributed by atoms with Crippen LogP contribution in [0, 0.1) is 13.8 Å². The van der Waals surface area contributed by atoms with Crippen molar-refractivity contribution in [2.75, 3.05) is 36.1 Å². The van der Waals surface area contributed by atoms with E-state index >= 15 is 0 Å². The molecule has 244 valence electrons. The Morgan fingerprint density at radius 1 is 1.00 bits per heavy atom. The highest BCUT2D eigenvalue weighted by Crippen LogP contribution is 2.26. The van der Waals surface area contributed by atoms with Gasteiger partial charge in [-0.3, -0.25) is 14.2 Å². The topological polar surface area (TPSA) is 146 Å². The Labute approximate surface area is 266 Å². The Morgan fingerprint density at radius 3 is 2.29 bits per heavy atom. The van der Waals surface area contributed by atoms with Gasteiger partial charge in [0.2, 0.25) is 15.8 Å². The van der Waals surface area contributed by atoms with Gasteiger partial charge in [-0.25, -0.2) is 22.9 Å². The molecule has 0 unspecified atom stereocenters. The van der Waals surface area contributed by atoms with Crippen LogP contribution in [0.5, 0.6) is 0 Å². The number of benzene rings is 2. The number of likely N-dealkylation sites (N-methyl/N-ethyl adjacent to an activating group) is 1. The van der Waals surface area contributed by atoms with Crippen LogP contribution in [0.15, 0.2) is 52.3 Å². The van der Waals surface area contributed by atoms with Crippen molar-refractivity contribution in [1.82, 2.24) is 14.3 Å². The zero-order valence-electron chi connectivity index (χ0n) is 27.2. The molecule has 3 N–H and O–H groups in total. The van der Waals surface area contributed by atoms with Crippen molar-refractivity contribution in [1.29, 1.82) is 0 Å². The van der Waals surface area contributed by atoms with Crippen LogP contribution in [0.2, 0.25) is 0 Å². The number of hydrogen-bond donors (Lipinski definition) is 3. The summed E-state index contributed by atoms with van der Waals surface area (Å²) in [5, 5.41) is 2.81. The number of nitrogens with zero attached hydrogens (tertiary/aromatic N) is 3. The molecular formula is C33H46N6O5S. The number of aliphatic imine (C=N–C) groups is 1. The Morgan fingerprint density at radius 2 is 1.69 bits per heavy atom. The van der Waals surface area contributed by atoms with Gasteiger partial charge in [-0.05, 0) is 81.5 Å². The van der Waals surface area contributed by atoms with Gasteiger partial charge in [0.15, 0.2) is 5.71 Å². The van der Waals surface area contributed by atoms with Gasteiger partial charge in [-0.1, -0.05) is 38.8 Å². The second-order valence-electron chi connectivity index (χ2n) is 11.2. The molecule has 0 atom stereocenters. The van der Waals surface area contributed by atoms with E-state index in [2.05, 4.69) is 26.9 Å². The number of Topliss-reactive ketones (excluding diaryl/α,β-unsaturated/α-hetero) is 1. The van der Waals surface area contributed by atoms with Gasteiger partial charge >= 0.3 is 5.69 Å². The van der Waals surface area contributed by atoms with Crippen molar-refractivity contribution in [2.24, 2.45) is 4.99 Å². The monoisotopic (exact) mass is 638 g/mol. The van der Waals surface area contributed by atoms with Crippen LogP contribution >= 0.6 is 0 Å². The largest absolute Gasteiger partial charge is 0.370 e. The lowest BCUT2D eigenvalue weighted by Crippen LogP contribution is -2.34. The minimum absolute atomic E-state index is 0.0322. The maximum atomic E-state index is 13.9.